The molecular weight excluding hydrogens is 729 g/mol. The van der Waals surface area contributed by atoms with E-state index in [1.807, 2.05) is 0 Å². The number of aliphatic hydroxyl groups is 1. The number of nitrogens with zero attached hydrogens (tertiary/aromatic N) is 1. The van der Waals surface area contributed by atoms with Gasteiger partial charge in [0, 0.05) is 33.8 Å². The Morgan fingerprint density at radius 2 is 1.60 bits per heavy atom. The standard InChI is InChI=1S/C40H49INO5Si/c1-38(2,3)48(27-11-7-5-8-12-27,28-13-9-6-10-14-28)47-32-24-31(41)30-23-33-40(43)18-17-29(37-44-21-22-45-37)36-39(40,34(30)35(32)46-36)19-20-42(33,4)25-26-15-16-26/h5-14,24,26,29,33,36-37,43H,15-23,25H2,1-4H3/q+1/t29?,33-,36+,39+,40?,42?/m1/s1. The number of rotatable bonds is 7. The van der Waals surface area contributed by atoms with Gasteiger partial charge in [0.15, 0.2) is 12.0 Å². The molecule has 3 aliphatic heterocycles. The van der Waals surface area contributed by atoms with E-state index in [1.165, 1.54) is 44.5 Å². The van der Waals surface area contributed by atoms with E-state index in [4.69, 9.17) is 18.6 Å². The number of hydrogen-bond donors (Lipinski definition) is 1. The van der Waals surface area contributed by atoms with E-state index in [1.54, 1.807) is 0 Å². The summed E-state index contributed by atoms with van der Waals surface area (Å²) in [6, 6.07) is 24.1. The van der Waals surface area contributed by atoms with Crippen molar-refractivity contribution >= 4 is 41.3 Å². The molecule has 1 N–H and O–H groups in total. The molecule has 0 aromatic heterocycles. The molecule has 3 aliphatic carbocycles. The molecule has 3 unspecified atom stereocenters. The zero-order valence-corrected chi connectivity index (χ0v) is 31.9. The second-order valence-electron chi connectivity index (χ2n) is 16.8. The van der Waals surface area contributed by atoms with Gasteiger partial charge in [0.05, 0.1) is 38.8 Å². The van der Waals surface area contributed by atoms with Gasteiger partial charge in [0.2, 0.25) is 0 Å². The Labute approximate surface area is 300 Å². The highest BCUT2D eigenvalue weighted by Gasteiger charge is 2.77. The summed E-state index contributed by atoms with van der Waals surface area (Å²) in [5.74, 6) is 2.52. The minimum atomic E-state index is -2.95. The lowest BCUT2D eigenvalue weighted by Crippen LogP contribution is -2.81. The van der Waals surface area contributed by atoms with Gasteiger partial charge in [-0.1, -0.05) is 81.4 Å². The Bertz CT molecular complexity index is 1680. The van der Waals surface area contributed by atoms with Gasteiger partial charge in [0.1, 0.15) is 23.5 Å². The van der Waals surface area contributed by atoms with Gasteiger partial charge in [-0.15, -0.1) is 0 Å². The molecule has 8 heteroatoms. The van der Waals surface area contributed by atoms with Crippen LogP contribution >= 0.6 is 22.6 Å². The topological polar surface area (TPSA) is 57.2 Å². The van der Waals surface area contributed by atoms with E-state index in [0.717, 1.165) is 54.1 Å². The summed E-state index contributed by atoms with van der Waals surface area (Å²) in [7, 11) is -0.512. The average molecular weight is 779 g/mol. The molecule has 6 aliphatic rings. The fraction of sp³-hybridized carbons (Fsp3) is 0.550. The lowest BCUT2D eigenvalue weighted by atomic mass is 9.47. The van der Waals surface area contributed by atoms with Crippen LogP contribution in [0.2, 0.25) is 5.04 Å². The highest BCUT2D eigenvalue weighted by Crippen LogP contribution is 2.68. The lowest BCUT2D eigenvalue weighted by Gasteiger charge is -2.66. The second-order valence-corrected chi connectivity index (χ2v) is 22.2. The largest absolute Gasteiger partial charge is 0.531 e. The predicted octanol–water partition coefficient (Wildman–Crippen LogP) is 5.93. The zero-order chi connectivity index (χ0) is 33.1. The molecule has 2 bridgehead atoms. The van der Waals surface area contributed by atoms with Crippen molar-refractivity contribution in [3.63, 3.8) is 0 Å². The summed E-state index contributed by atoms with van der Waals surface area (Å²) in [5, 5.41) is 15.7. The van der Waals surface area contributed by atoms with E-state index in [-0.39, 0.29) is 29.4 Å². The van der Waals surface area contributed by atoms with Gasteiger partial charge in [-0.2, -0.15) is 0 Å². The molecular formula is C40H49INO5Si+. The first kappa shape index (κ1) is 32.0. The van der Waals surface area contributed by atoms with Crippen LogP contribution in [0.4, 0.5) is 0 Å². The number of quaternary nitrogens is 1. The van der Waals surface area contributed by atoms with E-state index < -0.39 is 19.3 Å². The lowest BCUT2D eigenvalue weighted by molar-refractivity contribution is -0.950. The Balaban J connectivity index is 1.26. The maximum atomic E-state index is 13.4. The van der Waals surface area contributed by atoms with Gasteiger partial charge < -0.3 is 28.2 Å². The molecule has 254 valence electrons. The normalized spacial score (nSPS) is 34.1. The highest BCUT2D eigenvalue weighted by atomic mass is 127. The molecule has 4 fully saturated rings. The maximum absolute atomic E-state index is 13.4. The third kappa shape index (κ3) is 4.35. The van der Waals surface area contributed by atoms with Crippen molar-refractivity contribution < 1.29 is 28.2 Å². The van der Waals surface area contributed by atoms with Crippen LogP contribution in [0.5, 0.6) is 11.5 Å². The number of likely N-dealkylation sites (tertiary alicyclic amines) is 1. The Morgan fingerprint density at radius 1 is 0.958 bits per heavy atom. The van der Waals surface area contributed by atoms with Crippen LogP contribution in [-0.4, -0.2) is 75.3 Å². The monoisotopic (exact) mass is 778 g/mol. The first-order chi connectivity index (χ1) is 23.0. The molecule has 1 spiro atoms. The van der Waals surface area contributed by atoms with E-state index in [2.05, 4.69) is 117 Å². The second kappa shape index (κ2) is 11.0. The summed E-state index contributed by atoms with van der Waals surface area (Å²) < 4.78 is 29.8. The summed E-state index contributed by atoms with van der Waals surface area (Å²) in [5.41, 5.74) is 1.20. The third-order valence-electron chi connectivity index (χ3n) is 13.3. The fourth-order valence-electron chi connectivity index (χ4n) is 11.0. The Morgan fingerprint density at radius 3 is 2.21 bits per heavy atom. The molecule has 3 heterocycles. The number of hydrogen-bond acceptors (Lipinski definition) is 5. The molecule has 6 atom stereocenters. The molecule has 3 aromatic rings. The van der Waals surface area contributed by atoms with Gasteiger partial charge >= 0.3 is 8.32 Å². The first-order valence-corrected chi connectivity index (χ1v) is 21.1. The van der Waals surface area contributed by atoms with Crippen molar-refractivity contribution in [1.29, 1.82) is 0 Å². The van der Waals surface area contributed by atoms with Gasteiger partial charge in [-0.05, 0) is 75.3 Å². The smallest absolute Gasteiger partial charge is 0.320 e. The van der Waals surface area contributed by atoms with Crippen molar-refractivity contribution in [2.24, 2.45) is 11.8 Å². The summed E-state index contributed by atoms with van der Waals surface area (Å²) in [6.45, 7) is 10.4. The van der Waals surface area contributed by atoms with E-state index >= 15 is 0 Å². The molecule has 2 saturated carbocycles. The van der Waals surface area contributed by atoms with Crippen molar-refractivity contribution in [2.45, 2.75) is 93.8 Å². The van der Waals surface area contributed by atoms with Crippen LogP contribution in [0.3, 0.4) is 0 Å². The molecule has 0 radical (unpaired) electrons. The Hall–Kier alpha value is -1.95. The van der Waals surface area contributed by atoms with Gasteiger partial charge in [-0.3, -0.25) is 0 Å². The highest BCUT2D eigenvalue weighted by molar-refractivity contribution is 14.1. The van der Waals surface area contributed by atoms with Gasteiger partial charge in [-0.25, -0.2) is 0 Å². The van der Waals surface area contributed by atoms with Crippen LogP contribution in [0.15, 0.2) is 66.7 Å². The summed E-state index contributed by atoms with van der Waals surface area (Å²) in [6.07, 6.45) is 5.48. The van der Waals surface area contributed by atoms with Crippen LogP contribution in [-0.2, 0) is 21.3 Å². The average Bonchev–Trinajstić information content (AvgIpc) is 3.55. The number of ether oxygens (including phenoxy) is 3. The van der Waals surface area contributed by atoms with Crippen molar-refractivity contribution in [3.8, 4) is 11.5 Å². The summed E-state index contributed by atoms with van der Waals surface area (Å²) >= 11 is 2.57. The maximum Gasteiger partial charge on any atom is 0.320 e. The number of halogens is 1. The number of likely N-dealkylation sites (N-methyl/N-ethyl adjacent to an activating group) is 1. The first-order valence-electron chi connectivity index (χ1n) is 18.1. The summed E-state index contributed by atoms with van der Waals surface area (Å²) in [4.78, 5) is 0. The van der Waals surface area contributed by atoms with Crippen molar-refractivity contribution in [3.05, 3.63) is 81.4 Å². The molecule has 9 rings (SSSR count). The Kier molecular flexibility index (Phi) is 7.35. The van der Waals surface area contributed by atoms with Crippen molar-refractivity contribution in [1.82, 2.24) is 0 Å². The van der Waals surface area contributed by atoms with Crippen molar-refractivity contribution in [2.75, 3.05) is 33.4 Å². The number of piperidine rings is 1. The molecule has 0 amide bonds. The van der Waals surface area contributed by atoms with Crippen LogP contribution < -0.4 is 19.5 Å². The zero-order valence-electron chi connectivity index (χ0n) is 28.7. The van der Waals surface area contributed by atoms with E-state index in [9.17, 15) is 5.11 Å². The molecule has 3 aromatic carbocycles. The molecule has 2 saturated heterocycles. The van der Waals surface area contributed by atoms with Crippen LogP contribution in [0.25, 0.3) is 0 Å². The quantitative estimate of drug-likeness (QED) is 0.183. The van der Waals surface area contributed by atoms with Crippen LogP contribution in [0, 0.1) is 15.4 Å². The number of benzene rings is 3. The van der Waals surface area contributed by atoms with Gasteiger partial charge in [0.25, 0.3) is 0 Å². The van der Waals surface area contributed by atoms with Crippen LogP contribution in [0.1, 0.15) is 64.0 Å². The molecule has 6 nitrogen and oxygen atoms in total. The molecule has 48 heavy (non-hydrogen) atoms. The van der Waals surface area contributed by atoms with E-state index in [0.29, 0.717) is 13.2 Å². The fourth-order valence-corrected chi connectivity index (χ4v) is 16.2. The minimum absolute atomic E-state index is 0.0467. The minimum Gasteiger partial charge on any atom is -0.531 e. The predicted molar refractivity (Wildman–Crippen MR) is 198 cm³/mol. The SMILES string of the molecule is CC(C)(C)[Si](Oc1cc(I)c2c3c1O[C@H]1C(C4OCCO4)CCC4(O)[C@@H](C2)[N+](C)(CC2CC2)CC[C@]314)(c1ccccc1)c1ccccc1. The third-order valence-corrected chi connectivity index (χ3v) is 19.2.